The first-order valence-corrected chi connectivity index (χ1v) is 8.57. The zero-order chi connectivity index (χ0) is 16.6. The van der Waals surface area contributed by atoms with Gasteiger partial charge in [-0.3, -0.25) is 4.79 Å². The Labute approximate surface area is 137 Å². The van der Waals surface area contributed by atoms with Gasteiger partial charge in [-0.1, -0.05) is 6.92 Å². The van der Waals surface area contributed by atoms with Crippen LogP contribution in [-0.4, -0.2) is 38.7 Å². The quantitative estimate of drug-likeness (QED) is 0.868. The molecule has 2 aromatic heterocycles. The predicted octanol–water partition coefficient (Wildman–Crippen LogP) is 3.66. The van der Waals surface area contributed by atoms with Gasteiger partial charge in [-0.25, -0.2) is 9.67 Å². The number of amides is 1. The summed E-state index contributed by atoms with van der Waals surface area (Å²) in [5.41, 5.74) is 1.49. The Bertz CT molecular complexity index is 698. The van der Waals surface area contributed by atoms with E-state index in [9.17, 15) is 4.79 Å². The van der Waals surface area contributed by atoms with E-state index in [0.717, 1.165) is 29.8 Å². The van der Waals surface area contributed by atoms with E-state index in [2.05, 4.69) is 30.9 Å². The largest absolute Gasteiger partial charge is 0.339 e. The summed E-state index contributed by atoms with van der Waals surface area (Å²) < 4.78 is 1.88. The molecule has 5 nitrogen and oxygen atoms in total. The molecule has 1 amide bonds. The molecule has 1 aliphatic carbocycles. The third kappa shape index (κ3) is 3.09. The van der Waals surface area contributed by atoms with Crippen molar-refractivity contribution in [1.29, 1.82) is 0 Å². The van der Waals surface area contributed by atoms with Gasteiger partial charge in [0.25, 0.3) is 5.91 Å². The van der Waals surface area contributed by atoms with Crippen molar-refractivity contribution in [2.75, 3.05) is 7.05 Å². The minimum Gasteiger partial charge on any atom is -0.339 e. The number of pyridine rings is 1. The topological polar surface area (TPSA) is 51.0 Å². The summed E-state index contributed by atoms with van der Waals surface area (Å²) in [5, 5.41) is 5.29. The van der Waals surface area contributed by atoms with E-state index in [1.54, 1.807) is 12.4 Å². The normalized spacial score (nSPS) is 21.8. The Morgan fingerprint density at radius 1 is 1.26 bits per heavy atom. The van der Waals surface area contributed by atoms with Gasteiger partial charge in [0.05, 0.1) is 11.8 Å². The molecule has 0 spiro atoms. The Kier molecular flexibility index (Phi) is 4.37. The number of fused-ring (bicyclic) bond motifs is 1. The van der Waals surface area contributed by atoms with Crippen LogP contribution in [0.5, 0.6) is 0 Å². The van der Waals surface area contributed by atoms with Gasteiger partial charge in [0.2, 0.25) is 0 Å². The summed E-state index contributed by atoms with van der Waals surface area (Å²) in [5.74, 6) is 0.853. The standard InChI is InChI=1S/C18H26N4O/c1-12(2)22-17-14(11-20-22)9-15(10-19-17)18(23)21(4)16-7-5-13(3)6-8-16/h9-13,16H,5-8H2,1-4H3. The average molecular weight is 314 g/mol. The molecule has 0 aromatic carbocycles. The van der Waals surface area contributed by atoms with Crippen LogP contribution in [0.2, 0.25) is 0 Å². The highest BCUT2D eigenvalue weighted by molar-refractivity contribution is 5.96. The zero-order valence-corrected chi connectivity index (χ0v) is 14.5. The summed E-state index contributed by atoms with van der Waals surface area (Å²) in [4.78, 5) is 19.1. The van der Waals surface area contributed by atoms with E-state index in [0.29, 0.717) is 11.6 Å². The highest BCUT2D eigenvalue weighted by Gasteiger charge is 2.26. The highest BCUT2D eigenvalue weighted by Crippen LogP contribution is 2.27. The molecule has 0 saturated heterocycles. The Balaban J connectivity index is 1.80. The molecule has 0 unspecified atom stereocenters. The Hall–Kier alpha value is -1.91. The smallest absolute Gasteiger partial charge is 0.255 e. The molecule has 2 aromatic rings. The number of aromatic nitrogens is 3. The van der Waals surface area contributed by atoms with E-state index in [4.69, 9.17) is 0 Å². The molecular formula is C18H26N4O. The summed E-state index contributed by atoms with van der Waals surface area (Å²) in [6, 6.07) is 2.53. The van der Waals surface area contributed by atoms with Crippen LogP contribution in [0.1, 0.15) is 62.9 Å². The monoisotopic (exact) mass is 314 g/mol. The highest BCUT2D eigenvalue weighted by atomic mass is 16.2. The van der Waals surface area contributed by atoms with Gasteiger partial charge in [0.1, 0.15) is 0 Å². The van der Waals surface area contributed by atoms with Crippen LogP contribution in [-0.2, 0) is 0 Å². The molecule has 1 fully saturated rings. The van der Waals surface area contributed by atoms with E-state index in [1.165, 1.54) is 12.8 Å². The minimum atomic E-state index is 0.0660. The van der Waals surface area contributed by atoms with E-state index < -0.39 is 0 Å². The van der Waals surface area contributed by atoms with Gasteiger partial charge in [-0.05, 0) is 51.5 Å². The maximum absolute atomic E-state index is 12.8. The Morgan fingerprint density at radius 2 is 1.96 bits per heavy atom. The second-order valence-corrected chi connectivity index (χ2v) is 7.15. The second-order valence-electron chi connectivity index (χ2n) is 7.15. The van der Waals surface area contributed by atoms with E-state index in [-0.39, 0.29) is 11.9 Å². The SMILES string of the molecule is CC1CCC(N(C)C(=O)c2cnc3c(cnn3C(C)C)c2)CC1. The van der Waals surface area contributed by atoms with E-state index in [1.807, 2.05) is 22.7 Å². The maximum atomic E-state index is 12.8. The summed E-state index contributed by atoms with van der Waals surface area (Å²) in [6.45, 7) is 6.44. The number of rotatable bonds is 3. The molecule has 0 atom stereocenters. The number of nitrogens with zero attached hydrogens (tertiary/aromatic N) is 4. The molecule has 5 heteroatoms. The fourth-order valence-corrected chi connectivity index (χ4v) is 3.43. The molecule has 3 rings (SSSR count). The summed E-state index contributed by atoms with van der Waals surface area (Å²) in [7, 11) is 1.92. The zero-order valence-electron chi connectivity index (χ0n) is 14.5. The molecule has 124 valence electrons. The molecule has 1 saturated carbocycles. The van der Waals surface area contributed by atoms with Crippen LogP contribution in [0.15, 0.2) is 18.5 Å². The van der Waals surface area contributed by atoms with Gasteiger partial charge in [-0.2, -0.15) is 5.10 Å². The average Bonchev–Trinajstić information content (AvgIpc) is 2.97. The molecule has 0 aliphatic heterocycles. The van der Waals surface area contributed by atoms with Crippen LogP contribution in [0.3, 0.4) is 0 Å². The summed E-state index contributed by atoms with van der Waals surface area (Å²) in [6.07, 6.45) is 8.10. The molecule has 0 N–H and O–H groups in total. The van der Waals surface area contributed by atoms with Crippen LogP contribution in [0.25, 0.3) is 11.0 Å². The number of hydrogen-bond donors (Lipinski definition) is 0. The van der Waals surface area contributed by atoms with Crippen molar-refractivity contribution in [3.8, 4) is 0 Å². The minimum absolute atomic E-state index is 0.0660. The van der Waals surface area contributed by atoms with Gasteiger partial charge >= 0.3 is 0 Å². The number of carbonyl (C=O) groups is 1. The second kappa shape index (κ2) is 6.30. The molecule has 23 heavy (non-hydrogen) atoms. The predicted molar refractivity (Wildman–Crippen MR) is 91.4 cm³/mol. The lowest BCUT2D eigenvalue weighted by Gasteiger charge is -2.33. The van der Waals surface area contributed by atoms with Crippen molar-refractivity contribution in [3.63, 3.8) is 0 Å². The third-order valence-corrected chi connectivity index (χ3v) is 5.02. The number of hydrogen-bond acceptors (Lipinski definition) is 3. The molecule has 0 bridgehead atoms. The van der Waals surface area contributed by atoms with Crippen molar-refractivity contribution >= 4 is 16.9 Å². The third-order valence-electron chi connectivity index (χ3n) is 5.02. The van der Waals surface area contributed by atoms with Gasteiger partial charge in [0, 0.05) is 30.7 Å². The molecular weight excluding hydrogens is 288 g/mol. The van der Waals surface area contributed by atoms with Crippen molar-refractivity contribution in [2.45, 2.75) is 58.5 Å². The summed E-state index contributed by atoms with van der Waals surface area (Å²) >= 11 is 0. The van der Waals surface area contributed by atoms with Gasteiger partial charge in [0.15, 0.2) is 5.65 Å². The first kappa shape index (κ1) is 16.0. The van der Waals surface area contributed by atoms with Crippen molar-refractivity contribution < 1.29 is 4.79 Å². The molecule has 0 radical (unpaired) electrons. The van der Waals surface area contributed by atoms with Crippen molar-refractivity contribution in [3.05, 3.63) is 24.0 Å². The lowest BCUT2D eigenvalue weighted by molar-refractivity contribution is 0.0679. The molecule has 2 heterocycles. The fourth-order valence-electron chi connectivity index (χ4n) is 3.43. The lowest BCUT2D eigenvalue weighted by Crippen LogP contribution is -2.39. The Morgan fingerprint density at radius 3 is 2.61 bits per heavy atom. The van der Waals surface area contributed by atoms with Crippen molar-refractivity contribution in [2.24, 2.45) is 5.92 Å². The van der Waals surface area contributed by atoms with Crippen LogP contribution in [0.4, 0.5) is 0 Å². The van der Waals surface area contributed by atoms with E-state index >= 15 is 0 Å². The fraction of sp³-hybridized carbons (Fsp3) is 0.611. The number of carbonyl (C=O) groups excluding carboxylic acids is 1. The van der Waals surface area contributed by atoms with Crippen LogP contribution in [0, 0.1) is 5.92 Å². The van der Waals surface area contributed by atoms with Crippen LogP contribution >= 0.6 is 0 Å². The van der Waals surface area contributed by atoms with Crippen molar-refractivity contribution in [1.82, 2.24) is 19.7 Å². The first-order chi connectivity index (χ1) is 11.0. The lowest BCUT2D eigenvalue weighted by atomic mass is 9.86. The maximum Gasteiger partial charge on any atom is 0.255 e. The van der Waals surface area contributed by atoms with Gasteiger partial charge < -0.3 is 4.90 Å². The van der Waals surface area contributed by atoms with Gasteiger partial charge in [-0.15, -0.1) is 0 Å². The first-order valence-electron chi connectivity index (χ1n) is 8.57. The van der Waals surface area contributed by atoms with Crippen LogP contribution < -0.4 is 0 Å². The molecule has 1 aliphatic rings.